The van der Waals surface area contributed by atoms with E-state index in [1.807, 2.05) is 13.8 Å². The molecular formula is C17H19ClFN3O. The van der Waals surface area contributed by atoms with Gasteiger partial charge in [-0.2, -0.15) is 0 Å². The first-order valence-corrected chi connectivity index (χ1v) is 7.74. The highest BCUT2D eigenvalue weighted by Crippen LogP contribution is 2.22. The van der Waals surface area contributed by atoms with E-state index in [0.29, 0.717) is 5.69 Å². The summed E-state index contributed by atoms with van der Waals surface area (Å²) in [6.45, 7) is 4.19. The van der Waals surface area contributed by atoms with E-state index in [1.54, 1.807) is 30.5 Å². The maximum absolute atomic E-state index is 13.0. The van der Waals surface area contributed by atoms with Crippen LogP contribution in [0.4, 0.5) is 10.1 Å². The minimum absolute atomic E-state index is 0.0503. The molecule has 0 aliphatic rings. The minimum Gasteiger partial charge on any atom is -0.322 e. The van der Waals surface area contributed by atoms with E-state index in [2.05, 4.69) is 15.6 Å². The molecule has 23 heavy (non-hydrogen) atoms. The molecule has 0 radical (unpaired) electrons. The number of amides is 1. The number of carbonyl (C=O) groups excluding carboxylic acids is 1. The van der Waals surface area contributed by atoms with E-state index in [4.69, 9.17) is 11.6 Å². The van der Waals surface area contributed by atoms with Gasteiger partial charge in [-0.05, 0) is 35.7 Å². The normalized spacial score (nSPS) is 12.2. The van der Waals surface area contributed by atoms with E-state index < -0.39 is 0 Å². The number of anilines is 1. The summed E-state index contributed by atoms with van der Waals surface area (Å²) in [5.41, 5.74) is 1.41. The molecule has 1 heterocycles. The van der Waals surface area contributed by atoms with Crippen LogP contribution in [0.5, 0.6) is 0 Å². The Morgan fingerprint density at radius 1 is 1.26 bits per heavy atom. The molecule has 1 atom stereocenters. The Balaban J connectivity index is 1.97. The van der Waals surface area contributed by atoms with Gasteiger partial charge in [0.1, 0.15) is 5.82 Å². The van der Waals surface area contributed by atoms with Gasteiger partial charge in [0.2, 0.25) is 5.91 Å². The number of hydrogen-bond acceptors (Lipinski definition) is 3. The first-order chi connectivity index (χ1) is 11.0. The van der Waals surface area contributed by atoms with Crippen molar-refractivity contribution in [3.05, 3.63) is 59.1 Å². The van der Waals surface area contributed by atoms with Crippen LogP contribution in [0.15, 0.2) is 42.6 Å². The predicted octanol–water partition coefficient (Wildman–Crippen LogP) is 3.80. The van der Waals surface area contributed by atoms with Crippen LogP contribution in [0, 0.1) is 11.7 Å². The quantitative estimate of drug-likeness (QED) is 0.789. The number of hydrogen-bond donors (Lipinski definition) is 2. The highest BCUT2D eigenvalue weighted by atomic mass is 35.5. The van der Waals surface area contributed by atoms with E-state index in [9.17, 15) is 9.18 Å². The Bertz CT molecular complexity index is 661. The van der Waals surface area contributed by atoms with E-state index in [1.165, 1.54) is 12.1 Å². The number of nitrogens with one attached hydrogen (secondary N) is 2. The van der Waals surface area contributed by atoms with Crippen molar-refractivity contribution in [3.8, 4) is 0 Å². The van der Waals surface area contributed by atoms with Gasteiger partial charge in [-0.25, -0.2) is 9.37 Å². The van der Waals surface area contributed by atoms with Crippen molar-refractivity contribution in [3.63, 3.8) is 0 Å². The van der Waals surface area contributed by atoms with Crippen LogP contribution in [-0.2, 0) is 4.79 Å². The summed E-state index contributed by atoms with van der Waals surface area (Å²) in [5, 5.41) is 6.16. The van der Waals surface area contributed by atoms with Crippen LogP contribution >= 0.6 is 11.6 Å². The highest BCUT2D eigenvalue weighted by molar-refractivity contribution is 6.32. The monoisotopic (exact) mass is 335 g/mol. The van der Waals surface area contributed by atoms with E-state index >= 15 is 0 Å². The molecule has 1 aromatic heterocycles. The zero-order valence-electron chi connectivity index (χ0n) is 13.0. The Kier molecular flexibility index (Phi) is 6.07. The van der Waals surface area contributed by atoms with Gasteiger partial charge in [-0.3, -0.25) is 4.79 Å². The van der Waals surface area contributed by atoms with Crippen LogP contribution in [-0.4, -0.2) is 17.4 Å². The lowest BCUT2D eigenvalue weighted by atomic mass is 9.96. The van der Waals surface area contributed by atoms with Gasteiger partial charge < -0.3 is 10.6 Å². The Labute approximate surface area is 140 Å². The highest BCUT2D eigenvalue weighted by Gasteiger charge is 2.17. The topological polar surface area (TPSA) is 54.0 Å². The second-order valence-corrected chi connectivity index (χ2v) is 5.90. The van der Waals surface area contributed by atoms with Gasteiger partial charge in [-0.15, -0.1) is 0 Å². The van der Waals surface area contributed by atoms with Gasteiger partial charge in [0.15, 0.2) is 5.15 Å². The first-order valence-electron chi connectivity index (χ1n) is 7.36. The van der Waals surface area contributed by atoms with Crippen LogP contribution < -0.4 is 10.6 Å². The van der Waals surface area contributed by atoms with Crippen molar-refractivity contribution in [2.75, 3.05) is 11.9 Å². The van der Waals surface area contributed by atoms with Crippen molar-refractivity contribution in [1.82, 2.24) is 10.3 Å². The molecule has 0 aliphatic heterocycles. The summed E-state index contributed by atoms with van der Waals surface area (Å²) >= 11 is 5.91. The zero-order chi connectivity index (χ0) is 16.8. The summed E-state index contributed by atoms with van der Waals surface area (Å²) in [5.74, 6) is -0.247. The third-order valence-electron chi connectivity index (χ3n) is 3.41. The molecule has 0 fully saturated rings. The second kappa shape index (κ2) is 8.04. The summed E-state index contributed by atoms with van der Waals surface area (Å²) in [4.78, 5) is 16.0. The summed E-state index contributed by atoms with van der Waals surface area (Å²) in [7, 11) is 0. The smallest absolute Gasteiger partial charge is 0.238 e. The van der Waals surface area contributed by atoms with E-state index in [-0.39, 0.29) is 35.4 Å². The first kappa shape index (κ1) is 17.4. The van der Waals surface area contributed by atoms with Crippen molar-refractivity contribution >= 4 is 23.2 Å². The fourth-order valence-corrected chi connectivity index (χ4v) is 2.45. The molecule has 1 aromatic carbocycles. The lowest BCUT2D eigenvalue weighted by Gasteiger charge is -2.22. The Morgan fingerprint density at radius 2 is 1.96 bits per heavy atom. The van der Waals surface area contributed by atoms with Gasteiger partial charge in [-0.1, -0.05) is 37.6 Å². The molecule has 0 bridgehead atoms. The molecule has 0 aliphatic carbocycles. The largest absolute Gasteiger partial charge is 0.322 e. The van der Waals surface area contributed by atoms with Crippen molar-refractivity contribution in [1.29, 1.82) is 0 Å². The SMILES string of the molecule is CC(C)C(NCC(=O)Nc1cccnc1Cl)c1ccc(F)cc1. The van der Waals surface area contributed by atoms with Gasteiger partial charge in [0.05, 0.1) is 12.2 Å². The Hall–Kier alpha value is -1.98. The molecular weight excluding hydrogens is 317 g/mol. The van der Waals surface area contributed by atoms with Gasteiger partial charge in [0, 0.05) is 12.2 Å². The number of benzene rings is 1. The number of aromatic nitrogens is 1. The predicted molar refractivity (Wildman–Crippen MR) is 89.9 cm³/mol. The fraction of sp³-hybridized carbons (Fsp3) is 0.294. The number of carbonyl (C=O) groups is 1. The van der Waals surface area contributed by atoms with Gasteiger partial charge in [0.25, 0.3) is 0 Å². The molecule has 6 heteroatoms. The molecule has 2 aromatic rings. The molecule has 0 saturated heterocycles. The van der Waals surface area contributed by atoms with Crippen LogP contribution in [0.2, 0.25) is 5.15 Å². The average molecular weight is 336 g/mol. The Morgan fingerprint density at radius 3 is 2.57 bits per heavy atom. The van der Waals surface area contributed by atoms with Crippen molar-refractivity contribution in [2.24, 2.45) is 5.92 Å². The summed E-state index contributed by atoms with van der Waals surface area (Å²) < 4.78 is 13.0. The second-order valence-electron chi connectivity index (χ2n) is 5.54. The average Bonchev–Trinajstić information content (AvgIpc) is 2.51. The maximum Gasteiger partial charge on any atom is 0.238 e. The van der Waals surface area contributed by atoms with Crippen molar-refractivity contribution < 1.29 is 9.18 Å². The minimum atomic E-state index is -0.278. The number of nitrogens with zero attached hydrogens (tertiary/aromatic N) is 1. The third-order valence-corrected chi connectivity index (χ3v) is 3.71. The van der Waals surface area contributed by atoms with Crippen LogP contribution in [0.25, 0.3) is 0 Å². The van der Waals surface area contributed by atoms with Crippen LogP contribution in [0.3, 0.4) is 0 Å². The van der Waals surface area contributed by atoms with Gasteiger partial charge >= 0.3 is 0 Å². The fourth-order valence-electron chi connectivity index (χ4n) is 2.28. The molecule has 1 unspecified atom stereocenters. The summed E-state index contributed by atoms with van der Waals surface area (Å²) in [6, 6.07) is 9.62. The number of pyridine rings is 1. The van der Waals surface area contributed by atoms with E-state index in [0.717, 1.165) is 5.56 Å². The third kappa shape index (κ3) is 5.01. The van der Waals surface area contributed by atoms with Crippen molar-refractivity contribution in [2.45, 2.75) is 19.9 Å². The number of rotatable bonds is 6. The number of halogens is 2. The molecule has 2 rings (SSSR count). The summed E-state index contributed by atoms with van der Waals surface area (Å²) in [6.07, 6.45) is 1.56. The molecule has 2 N–H and O–H groups in total. The molecule has 122 valence electrons. The zero-order valence-corrected chi connectivity index (χ0v) is 13.8. The molecule has 0 saturated carbocycles. The standard InChI is InChI=1S/C17H19ClFN3O/c1-11(2)16(12-5-7-13(19)8-6-12)21-10-15(23)22-14-4-3-9-20-17(14)18/h3-9,11,16,21H,10H2,1-2H3,(H,22,23). The lowest BCUT2D eigenvalue weighted by Crippen LogP contribution is -2.33. The molecule has 4 nitrogen and oxygen atoms in total. The molecule has 1 amide bonds. The lowest BCUT2D eigenvalue weighted by molar-refractivity contribution is -0.115. The molecule has 0 spiro atoms. The van der Waals surface area contributed by atoms with Crippen LogP contribution in [0.1, 0.15) is 25.5 Å². The maximum atomic E-state index is 13.0.